The molecule has 0 amide bonds. The van der Waals surface area contributed by atoms with E-state index in [9.17, 15) is 9.90 Å². The lowest BCUT2D eigenvalue weighted by Gasteiger charge is -2.44. The Morgan fingerprint density at radius 3 is 2.48 bits per heavy atom. The Bertz CT molecular complexity index is 531. The molecular weight excluding hydrogens is 332 g/mol. The van der Waals surface area contributed by atoms with Crippen molar-refractivity contribution in [3.63, 3.8) is 0 Å². The number of pyridine rings is 1. The molecule has 2 heterocycles. The number of aromatic carboxylic acids is 1. The highest BCUT2D eigenvalue weighted by Crippen LogP contribution is 2.45. The van der Waals surface area contributed by atoms with Gasteiger partial charge in [-0.1, -0.05) is 19.3 Å². The highest BCUT2D eigenvalue weighted by molar-refractivity contribution is 9.10. The molecule has 3 rings (SSSR count). The maximum atomic E-state index is 11.4. The van der Waals surface area contributed by atoms with Gasteiger partial charge in [-0.25, -0.2) is 9.78 Å². The molecule has 1 aromatic rings. The average molecular weight is 353 g/mol. The van der Waals surface area contributed by atoms with E-state index in [4.69, 9.17) is 0 Å². The number of aromatic nitrogens is 1. The van der Waals surface area contributed by atoms with Gasteiger partial charge in [0.05, 0.1) is 0 Å². The van der Waals surface area contributed by atoms with E-state index in [2.05, 4.69) is 25.8 Å². The molecule has 2 fully saturated rings. The van der Waals surface area contributed by atoms with Crippen molar-refractivity contribution in [3.05, 3.63) is 22.3 Å². The number of nitrogens with zero attached hydrogens (tertiary/aromatic N) is 2. The van der Waals surface area contributed by atoms with Gasteiger partial charge in [-0.15, -0.1) is 0 Å². The van der Waals surface area contributed by atoms with Gasteiger partial charge < -0.3 is 10.0 Å². The first-order valence-electron chi connectivity index (χ1n) is 7.73. The summed E-state index contributed by atoms with van der Waals surface area (Å²) in [6, 6.07) is 1.65. The van der Waals surface area contributed by atoms with Crippen LogP contribution in [-0.4, -0.2) is 29.1 Å². The second-order valence-electron chi connectivity index (χ2n) is 6.38. The minimum atomic E-state index is -0.906. The molecule has 1 spiro atoms. The Kier molecular flexibility index (Phi) is 4.20. The van der Waals surface area contributed by atoms with Crippen LogP contribution in [0, 0.1) is 5.41 Å². The van der Waals surface area contributed by atoms with E-state index in [-0.39, 0.29) is 0 Å². The third kappa shape index (κ3) is 3.07. The van der Waals surface area contributed by atoms with E-state index in [0.29, 0.717) is 21.3 Å². The first-order chi connectivity index (χ1) is 10.1. The molecule has 1 aliphatic heterocycles. The smallest absolute Gasteiger partial charge is 0.339 e. The van der Waals surface area contributed by atoms with Crippen molar-refractivity contribution in [1.29, 1.82) is 0 Å². The van der Waals surface area contributed by atoms with E-state index in [1.54, 1.807) is 12.3 Å². The summed E-state index contributed by atoms with van der Waals surface area (Å²) in [4.78, 5) is 17.9. The zero-order chi connectivity index (χ0) is 14.9. The highest BCUT2D eigenvalue weighted by atomic mass is 79.9. The predicted molar refractivity (Wildman–Crippen MR) is 85.9 cm³/mol. The Balaban J connectivity index is 1.76. The molecule has 5 heteroatoms. The molecule has 0 atom stereocenters. The molecule has 0 aromatic carbocycles. The van der Waals surface area contributed by atoms with Crippen LogP contribution in [0.25, 0.3) is 0 Å². The van der Waals surface area contributed by atoms with Crippen molar-refractivity contribution >= 4 is 27.7 Å². The molecule has 0 bridgehead atoms. The number of piperidine rings is 1. The minimum absolute atomic E-state index is 0.295. The molecule has 1 saturated carbocycles. The molecule has 1 saturated heterocycles. The minimum Gasteiger partial charge on any atom is -0.478 e. The summed E-state index contributed by atoms with van der Waals surface area (Å²) in [5.41, 5.74) is 0.817. The lowest BCUT2D eigenvalue weighted by atomic mass is 9.68. The van der Waals surface area contributed by atoms with E-state index < -0.39 is 5.97 Å². The monoisotopic (exact) mass is 352 g/mol. The number of carbonyl (C=O) groups is 1. The largest absolute Gasteiger partial charge is 0.478 e. The maximum Gasteiger partial charge on any atom is 0.339 e. The summed E-state index contributed by atoms with van der Waals surface area (Å²) >= 11 is 3.30. The van der Waals surface area contributed by atoms with Crippen molar-refractivity contribution in [2.45, 2.75) is 44.9 Å². The summed E-state index contributed by atoms with van der Waals surface area (Å²) in [6.45, 7) is 1.85. The van der Waals surface area contributed by atoms with Crippen LogP contribution in [0.2, 0.25) is 0 Å². The highest BCUT2D eigenvalue weighted by Gasteiger charge is 2.36. The summed E-state index contributed by atoms with van der Waals surface area (Å²) in [5.74, 6) is -0.284. The maximum absolute atomic E-state index is 11.4. The predicted octanol–water partition coefficient (Wildman–Crippen LogP) is 4.09. The van der Waals surface area contributed by atoms with Crippen LogP contribution < -0.4 is 4.90 Å². The van der Waals surface area contributed by atoms with Crippen molar-refractivity contribution in [3.8, 4) is 0 Å². The first-order valence-corrected chi connectivity index (χ1v) is 8.53. The molecule has 1 N–H and O–H groups in total. The Hall–Kier alpha value is -1.10. The van der Waals surface area contributed by atoms with Gasteiger partial charge in [-0.05, 0) is 53.1 Å². The van der Waals surface area contributed by atoms with Crippen LogP contribution in [0.3, 0.4) is 0 Å². The third-order valence-electron chi connectivity index (χ3n) is 5.10. The van der Waals surface area contributed by atoms with E-state index in [1.165, 1.54) is 44.9 Å². The van der Waals surface area contributed by atoms with E-state index >= 15 is 0 Å². The number of anilines is 1. The van der Waals surface area contributed by atoms with Gasteiger partial charge >= 0.3 is 5.97 Å². The molecule has 0 radical (unpaired) electrons. The molecule has 114 valence electrons. The zero-order valence-electron chi connectivity index (χ0n) is 12.1. The van der Waals surface area contributed by atoms with Gasteiger partial charge in [-0.3, -0.25) is 0 Å². The van der Waals surface area contributed by atoms with Crippen molar-refractivity contribution in [1.82, 2.24) is 4.98 Å². The molecule has 21 heavy (non-hydrogen) atoms. The summed E-state index contributed by atoms with van der Waals surface area (Å²) < 4.78 is 0.712. The second-order valence-corrected chi connectivity index (χ2v) is 7.29. The number of hydrogen-bond acceptors (Lipinski definition) is 3. The lowest BCUT2D eigenvalue weighted by molar-refractivity contribution is 0.0696. The van der Waals surface area contributed by atoms with Crippen molar-refractivity contribution in [2.75, 3.05) is 18.0 Å². The number of carboxylic acids is 1. The molecule has 1 aliphatic carbocycles. The van der Waals surface area contributed by atoms with Gasteiger partial charge in [0.1, 0.15) is 11.4 Å². The number of hydrogen-bond donors (Lipinski definition) is 1. The quantitative estimate of drug-likeness (QED) is 0.870. The molecule has 0 unspecified atom stereocenters. The van der Waals surface area contributed by atoms with Crippen LogP contribution in [0.4, 0.5) is 5.82 Å². The molecule has 1 aromatic heterocycles. The summed E-state index contributed by atoms with van der Waals surface area (Å²) in [5, 5.41) is 9.38. The van der Waals surface area contributed by atoms with Crippen LogP contribution in [0.5, 0.6) is 0 Å². The van der Waals surface area contributed by atoms with Crippen LogP contribution in [0.15, 0.2) is 16.7 Å². The summed E-state index contributed by atoms with van der Waals surface area (Å²) in [7, 11) is 0. The number of halogens is 1. The lowest BCUT2D eigenvalue weighted by Crippen LogP contribution is -2.42. The Morgan fingerprint density at radius 2 is 1.86 bits per heavy atom. The fourth-order valence-electron chi connectivity index (χ4n) is 3.84. The topological polar surface area (TPSA) is 53.4 Å². The van der Waals surface area contributed by atoms with Crippen LogP contribution in [-0.2, 0) is 0 Å². The standard InChI is InChI=1S/C16H21BrN2O2/c17-12-10-13(15(20)21)14(18-11-12)19-8-6-16(7-9-19)4-2-1-3-5-16/h10-11H,1-9H2,(H,20,21). The van der Waals surface area contributed by atoms with E-state index in [1.807, 2.05) is 0 Å². The average Bonchev–Trinajstić information content (AvgIpc) is 2.49. The Labute approximate surface area is 133 Å². The zero-order valence-corrected chi connectivity index (χ0v) is 13.7. The normalized spacial score (nSPS) is 21.5. The molecular formula is C16H21BrN2O2. The van der Waals surface area contributed by atoms with Crippen molar-refractivity contribution in [2.24, 2.45) is 5.41 Å². The fraction of sp³-hybridized carbons (Fsp3) is 0.625. The fourth-order valence-corrected chi connectivity index (χ4v) is 4.17. The molecule has 4 nitrogen and oxygen atoms in total. The molecule has 2 aliphatic rings. The van der Waals surface area contributed by atoms with Crippen molar-refractivity contribution < 1.29 is 9.90 Å². The number of rotatable bonds is 2. The Morgan fingerprint density at radius 1 is 1.19 bits per heavy atom. The van der Waals surface area contributed by atoms with Crippen LogP contribution >= 0.6 is 15.9 Å². The van der Waals surface area contributed by atoms with Crippen LogP contribution in [0.1, 0.15) is 55.3 Å². The van der Waals surface area contributed by atoms with Gasteiger partial charge in [0.15, 0.2) is 0 Å². The first kappa shape index (κ1) is 14.8. The third-order valence-corrected chi connectivity index (χ3v) is 5.54. The van der Waals surface area contributed by atoms with Gasteiger partial charge in [0.2, 0.25) is 0 Å². The SMILES string of the molecule is O=C(O)c1cc(Br)cnc1N1CCC2(CCCCC2)CC1. The summed E-state index contributed by atoms with van der Waals surface area (Å²) in [6.07, 6.45) is 10.8. The number of carboxylic acid groups (broad SMARTS) is 1. The van der Waals surface area contributed by atoms with Gasteiger partial charge in [0.25, 0.3) is 0 Å². The van der Waals surface area contributed by atoms with Gasteiger partial charge in [0, 0.05) is 23.8 Å². The second kappa shape index (κ2) is 5.95. The van der Waals surface area contributed by atoms with E-state index in [0.717, 1.165) is 13.1 Å². The van der Waals surface area contributed by atoms with Gasteiger partial charge in [-0.2, -0.15) is 0 Å².